The Bertz CT molecular complexity index is 2790. The molecule has 0 spiro atoms. The number of nitrogens with two attached hydrogens (primary N) is 4. The summed E-state index contributed by atoms with van der Waals surface area (Å²) < 4.78 is 10.7. The number of amides is 4. The van der Waals surface area contributed by atoms with Crippen LogP contribution in [0.15, 0.2) is 150 Å². The SMILES string of the molecule is CCC(N=C(N)N)[C@@H]1N[C@H](CNC(=O)CC2CCCCC2)CCN(CC(c2ccccc2)c2ccccc2)C1=O.CCC(N=C(N)N)[C@@H]1N[C@H](CNC(=O)c2ccc(OC)cc2OC)CCN(CC(c2ccccc2)c2ccccc2)C1=O. The average Bonchev–Trinajstić information content (AvgIpc) is 3.90. The number of benzene rings is 5. The maximum absolute atomic E-state index is 14.2. The van der Waals surface area contributed by atoms with Gasteiger partial charge in [-0.1, -0.05) is 154 Å². The summed E-state index contributed by atoms with van der Waals surface area (Å²) in [6, 6.07) is 43.7. The summed E-state index contributed by atoms with van der Waals surface area (Å²) in [7, 11) is 3.07. The van der Waals surface area contributed by atoms with Gasteiger partial charge in [-0.15, -0.1) is 0 Å². The molecule has 5 aromatic rings. The van der Waals surface area contributed by atoms with Gasteiger partial charge in [0.05, 0.1) is 31.9 Å². The van der Waals surface area contributed by atoms with E-state index in [0.717, 1.165) is 41.5 Å². The fourth-order valence-electron chi connectivity index (χ4n) is 11.7. The number of guanidine groups is 2. The van der Waals surface area contributed by atoms with E-state index in [1.54, 1.807) is 25.3 Å². The first-order valence-electron chi connectivity index (χ1n) is 29.5. The number of rotatable bonds is 23. The number of carbonyl (C=O) groups is 4. The number of methoxy groups -OCH3 is 2. The zero-order valence-corrected chi connectivity index (χ0v) is 48.8. The van der Waals surface area contributed by atoms with Crippen LogP contribution in [0.1, 0.15) is 123 Å². The molecule has 2 heterocycles. The van der Waals surface area contributed by atoms with Gasteiger partial charge < -0.3 is 52.8 Å². The van der Waals surface area contributed by atoms with Crippen LogP contribution in [0.5, 0.6) is 11.5 Å². The number of hydrogen-bond acceptors (Lipinski definition) is 10. The molecule has 2 saturated heterocycles. The normalized spacial score (nSPS) is 19.3. The van der Waals surface area contributed by atoms with Crippen LogP contribution in [0, 0.1) is 5.92 Å². The van der Waals surface area contributed by atoms with Crippen molar-refractivity contribution in [1.82, 2.24) is 31.1 Å². The predicted octanol–water partition coefficient (Wildman–Crippen LogP) is 6.39. The van der Waals surface area contributed by atoms with Gasteiger partial charge in [0.25, 0.3) is 5.91 Å². The molecule has 0 radical (unpaired) electrons. The summed E-state index contributed by atoms with van der Waals surface area (Å²) in [5.74, 6) is 1.14. The van der Waals surface area contributed by atoms with Crippen LogP contribution in [0.4, 0.5) is 0 Å². The summed E-state index contributed by atoms with van der Waals surface area (Å²) in [4.78, 5) is 66.9. The molecule has 18 heteroatoms. The van der Waals surface area contributed by atoms with Crippen molar-refractivity contribution in [3.8, 4) is 11.5 Å². The topological polar surface area (TPSA) is 270 Å². The van der Waals surface area contributed by atoms with Crippen molar-refractivity contribution in [1.29, 1.82) is 0 Å². The highest BCUT2D eigenvalue weighted by Gasteiger charge is 2.39. The number of carbonyl (C=O) groups excluding carboxylic acids is 4. The van der Waals surface area contributed by atoms with Gasteiger partial charge in [0.1, 0.15) is 23.6 Å². The number of nitrogens with zero attached hydrogens (tertiary/aromatic N) is 4. The van der Waals surface area contributed by atoms with Crippen molar-refractivity contribution in [3.63, 3.8) is 0 Å². The molecule has 18 nitrogen and oxygen atoms in total. The van der Waals surface area contributed by atoms with E-state index in [2.05, 4.69) is 79.8 Å². The monoisotopic (exact) mass is 1130 g/mol. The Balaban J connectivity index is 0.000000239. The van der Waals surface area contributed by atoms with Crippen LogP contribution < -0.4 is 53.7 Å². The van der Waals surface area contributed by atoms with Gasteiger partial charge in [0.15, 0.2) is 11.9 Å². The van der Waals surface area contributed by atoms with E-state index in [1.165, 1.54) is 26.4 Å². The maximum Gasteiger partial charge on any atom is 0.255 e. The molecule has 2 aliphatic heterocycles. The van der Waals surface area contributed by atoms with Crippen molar-refractivity contribution >= 4 is 35.5 Å². The molecule has 6 atom stereocenters. The van der Waals surface area contributed by atoms with Gasteiger partial charge in [-0.05, 0) is 78.8 Å². The predicted molar refractivity (Wildman–Crippen MR) is 329 cm³/mol. The minimum Gasteiger partial charge on any atom is -0.497 e. The minimum atomic E-state index is -0.667. The van der Waals surface area contributed by atoms with Gasteiger partial charge in [-0.2, -0.15) is 0 Å². The fraction of sp³-hybridized carbons (Fsp3) is 0.446. The lowest BCUT2D eigenvalue weighted by molar-refractivity contribution is -0.134. The summed E-state index contributed by atoms with van der Waals surface area (Å²) in [5.41, 5.74) is 28.1. The Morgan fingerprint density at radius 1 is 0.578 bits per heavy atom. The maximum atomic E-state index is 14.2. The molecule has 3 aliphatic rings. The summed E-state index contributed by atoms with van der Waals surface area (Å²) >= 11 is 0. The van der Waals surface area contributed by atoms with E-state index in [9.17, 15) is 19.2 Å². The molecule has 5 aromatic carbocycles. The lowest BCUT2D eigenvalue weighted by Crippen LogP contribution is -2.54. The van der Waals surface area contributed by atoms with Crippen LogP contribution in [0.3, 0.4) is 0 Å². The second-order valence-electron chi connectivity index (χ2n) is 21.9. The van der Waals surface area contributed by atoms with Crippen LogP contribution in [-0.4, -0.2) is 135 Å². The van der Waals surface area contributed by atoms with Crippen molar-refractivity contribution in [2.24, 2.45) is 38.8 Å². The van der Waals surface area contributed by atoms with E-state index in [-0.39, 0.29) is 59.5 Å². The second-order valence-corrected chi connectivity index (χ2v) is 21.9. The molecule has 1 saturated carbocycles. The molecule has 2 unspecified atom stereocenters. The highest BCUT2D eigenvalue weighted by atomic mass is 16.5. The third-order valence-corrected chi connectivity index (χ3v) is 16.2. The molecule has 12 N–H and O–H groups in total. The highest BCUT2D eigenvalue weighted by molar-refractivity contribution is 5.97. The molecule has 3 fully saturated rings. The summed E-state index contributed by atoms with van der Waals surface area (Å²) in [5, 5.41) is 13.2. The molecule has 4 amide bonds. The van der Waals surface area contributed by atoms with Gasteiger partial charge in [0.2, 0.25) is 17.7 Å². The third kappa shape index (κ3) is 18.3. The average molecular weight is 1130 g/mol. The molecular formula is C65H88N12O6. The Labute approximate surface area is 490 Å². The lowest BCUT2D eigenvalue weighted by atomic mass is 9.87. The fourth-order valence-corrected chi connectivity index (χ4v) is 11.7. The molecular weight excluding hydrogens is 1040 g/mol. The zero-order chi connectivity index (χ0) is 59.1. The van der Waals surface area contributed by atoms with Crippen LogP contribution in [-0.2, 0) is 14.4 Å². The smallest absolute Gasteiger partial charge is 0.255 e. The molecule has 0 bridgehead atoms. The van der Waals surface area contributed by atoms with Gasteiger partial charge >= 0.3 is 0 Å². The van der Waals surface area contributed by atoms with Crippen molar-refractivity contribution in [2.45, 2.75) is 126 Å². The van der Waals surface area contributed by atoms with E-state index < -0.39 is 24.2 Å². The highest BCUT2D eigenvalue weighted by Crippen LogP contribution is 2.31. The molecule has 8 rings (SSSR count). The Kier molecular flexibility index (Phi) is 24.2. The minimum absolute atomic E-state index is 0.00950. The van der Waals surface area contributed by atoms with Crippen LogP contribution in [0.25, 0.3) is 0 Å². The standard InChI is InChI=1S/C33H42N6O4.C32H46N6O2/c1-4-28(38-33(34)35)30-32(41)39(21-27(22-11-7-5-8-12-22)23-13-9-6-10-14-23)18-17-24(37-30)20-36-31(40)26-16-15-25(42-2)19-29(26)43-3;1-2-28(37-32(33)34)30-31(40)38(22-27(24-14-8-4-9-15-24)25-16-10-5-11-17-25)19-18-26(36-30)21-35-29(39)20-23-12-6-3-7-13-23/h5-16,19,24,27-28,30,37H,4,17-18,20-21H2,1-3H3,(H,36,40)(H4,34,35,38);4-5,8-11,14-17,23,26-28,30,36H,2-3,6-7,12-13,18-22H2,1H3,(H,35,39)(H4,33,34,37)/t24-,28?,30-;26-,28?,30-/m00/s1. The van der Waals surface area contributed by atoms with Gasteiger partial charge in [-0.3, -0.25) is 29.8 Å². The molecule has 0 aromatic heterocycles. The second kappa shape index (κ2) is 32.0. The number of nitrogens with one attached hydrogen (secondary N) is 4. The summed E-state index contributed by atoms with van der Waals surface area (Å²) in [6.07, 6.45) is 9.09. The molecule has 83 heavy (non-hydrogen) atoms. The first kappa shape index (κ1) is 62.6. The summed E-state index contributed by atoms with van der Waals surface area (Å²) in [6.45, 7) is 6.83. The van der Waals surface area contributed by atoms with Crippen LogP contribution >= 0.6 is 0 Å². The molecule has 1 aliphatic carbocycles. The largest absolute Gasteiger partial charge is 0.497 e. The third-order valence-electron chi connectivity index (χ3n) is 16.2. The lowest BCUT2D eigenvalue weighted by Gasteiger charge is -2.31. The van der Waals surface area contributed by atoms with E-state index in [1.807, 2.05) is 96.4 Å². The Hall–Kier alpha value is -7.96. The quantitative estimate of drug-likeness (QED) is 0.0261. The first-order chi connectivity index (χ1) is 40.3. The van der Waals surface area contributed by atoms with Gasteiger partial charge in [-0.25, -0.2) is 9.98 Å². The Morgan fingerprint density at radius 3 is 1.39 bits per heavy atom. The van der Waals surface area contributed by atoms with Crippen molar-refractivity contribution < 1.29 is 28.7 Å². The van der Waals surface area contributed by atoms with Crippen molar-refractivity contribution in [2.75, 3.05) is 53.5 Å². The van der Waals surface area contributed by atoms with Crippen molar-refractivity contribution in [3.05, 3.63) is 167 Å². The van der Waals surface area contributed by atoms with E-state index in [4.69, 9.17) is 32.4 Å². The Morgan fingerprint density at radius 2 is 1.00 bits per heavy atom. The zero-order valence-electron chi connectivity index (χ0n) is 48.8. The van der Waals surface area contributed by atoms with E-state index >= 15 is 0 Å². The number of hydrogen-bond donors (Lipinski definition) is 8. The first-order valence-corrected chi connectivity index (χ1v) is 29.5. The van der Waals surface area contributed by atoms with Gasteiger partial charge in [0, 0.05) is 75.7 Å². The number of aliphatic imine (C=N–C) groups is 2. The van der Waals surface area contributed by atoms with E-state index in [0.29, 0.717) is 87.9 Å². The number of ether oxygens (including phenoxy) is 2. The molecule has 444 valence electrons. The van der Waals surface area contributed by atoms with Crippen LogP contribution in [0.2, 0.25) is 0 Å².